The van der Waals surface area contributed by atoms with Crippen molar-refractivity contribution in [3.05, 3.63) is 11.2 Å². The molecule has 0 aliphatic heterocycles. The lowest BCUT2D eigenvalue weighted by molar-refractivity contribution is 0.941. The van der Waals surface area contributed by atoms with Crippen LogP contribution in [0, 0.1) is 0 Å². The summed E-state index contributed by atoms with van der Waals surface area (Å²) in [4.78, 5) is 0. The van der Waals surface area contributed by atoms with Crippen LogP contribution in [0.1, 0.15) is 19.8 Å². The van der Waals surface area contributed by atoms with E-state index in [-0.39, 0.29) is 0 Å². The zero-order valence-corrected chi connectivity index (χ0v) is 5.20. The summed E-state index contributed by atoms with van der Waals surface area (Å²) < 4.78 is 0. The maximum atomic E-state index is 5.50. The van der Waals surface area contributed by atoms with Crippen molar-refractivity contribution in [2.75, 3.05) is 0 Å². The highest BCUT2D eigenvalue weighted by atomic mass is 35.5. The zero-order chi connectivity index (χ0) is 5.70. The van der Waals surface area contributed by atoms with Gasteiger partial charge in [-0.2, -0.15) is 0 Å². The highest BCUT2D eigenvalue weighted by Gasteiger charge is 1.83. The summed E-state index contributed by atoms with van der Waals surface area (Å²) >= 11 is 5.50. The molecule has 0 fully saturated rings. The first-order valence-electron chi connectivity index (χ1n) is 2.37. The van der Waals surface area contributed by atoms with Gasteiger partial charge < -0.3 is 5.73 Å². The predicted octanol–water partition coefficient (Wildman–Crippen LogP) is 1.83. The van der Waals surface area contributed by atoms with Gasteiger partial charge in [0.05, 0.1) is 0 Å². The number of nitrogens with two attached hydrogens (primary N) is 1. The normalized spacial score (nSPS) is 12.0. The van der Waals surface area contributed by atoms with Gasteiger partial charge in [0.25, 0.3) is 0 Å². The highest BCUT2D eigenvalue weighted by molar-refractivity contribution is 6.29. The van der Waals surface area contributed by atoms with Gasteiger partial charge in [-0.15, -0.1) is 0 Å². The van der Waals surface area contributed by atoms with Crippen LogP contribution in [0.3, 0.4) is 0 Å². The molecule has 0 bridgehead atoms. The second kappa shape index (κ2) is 4.00. The number of rotatable bonds is 2. The fraction of sp³-hybridized carbons (Fsp3) is 0.600. The Hall–Kier alpha value is -0.170. The first-order valence-corrected chi connectivity index (χ1v) is 2.75. The van der Waals surface area contributed by atoms with Gasteiger partial charge in [-0.25, -0.2) is 0 Å². The minimum absolute atomic E-state index is 0.752. The molecule has 0 aromatic heterocycles. The number of hydrogen-bond acceptors (Lipinski definition) is 1. The van der Waals surface area contributed by atoms with E-state index in [2.05, 4.69) is 6.92 Å². The molecule has 7 heavy (non-hydrogen) atoms. The smallest absolute Gasteiger partial charge is 0.0335 e. The molecule has 0 saturated carbocycles. The molecule has 0 rings (SSSR count). The average molecular weight is 120 g/mol. The van der Waals surface area contributed by atoms with E-state index < -0.39 is 0 Å². The Morgan fingerprint density at radius 2 is 2.43 bits per heavy atom. The molecule has 0 radical (unpaired) electrons. The van der Waals surface area contributed by atoms with Gasteiger partial charge in [0, 0.05) is 11.2 Å². The Morgan fingerprint density at radius 1 is 1.86 bits per heavy atom. The van der Waals surface area contributed by atoms with Crippen LogP contribution >= 0.6 is 11.6 Å². The van der Waals surface area contributed by atoms with Crippen LogP contribution < -0.4 is 5.73 Å². The Bertz CT molecular complexity index is 68.5. The van der Waals surface area contributed by atoms with E-state index >= 15 is 0 Å². The van der Waals surface area contributed by atoms with E-state index in [0.717, 1.165) is 17.9 Å². The summed E-state index contributed by atoms with van der Waals surface area (Å²) in [5, 5.41) is 0.752. The Morgan fingerprint density at radius 3 is 2.57 bits per heavy atom. The second-order valence-electron chi connectivity index (χ2n) is 1.36. The van der Waals surface area contributed by atoms with Gasteiger partial charge in [-0.05, 0) is 6.42 Å². The van der Waals surface area contributed by atoms with E-state index in [1.165, 1.54) is 6.20 Å². The molecule has 0 amide bonds. The lowest BCUT2D eigenvalue weighted by Crippen LogP contribution is -1.80. The third kappa shape index (κ3) is 3.67. The zero-order valence-electron chi connectivity index (χ0n) is 4.45. The standard InChI is InChI=1S/C5H10ClN/c1-2-3-5(6)4-7/h4H,2-3,7H2,1H3/b5-4+. The largest absolute Gasteiger partial charge is 0.404 e. The Balaban J connectivity index is 3.17. The summed E-state index contributed by atoms with van der Waals surface area (Å²) in [7, 11) is 0. The summed E-state index contributed by atoms with van der Waals surface area (Å²) in [5.74, 6) is 0. The van der Waals surface area contributed by atoms with Gasteiger partial charge in [-0.3, -0.25) is 0 Å². The van der Waals surface area contributed by atoms with Gasteiger partial charge in [0.2, 0.25) is 0 Å². The molecule has 2 heteroatoms. The molecule has 0 atom stereocenters. The first-order chi connectivity index (χ1) is 3.31. The first kappa shape index (κ1) is 6.83. The van der Waals surface area contributed by atoms with Crippen LogP contribution in [0.2, 0.25) is 0 Å². The van der Waals surface area contributed by atoms with Crippen LogP contribution in [0.4, 0.5) is 0 Å². The van der Waals surface area contributed by atoms with Crippen molar-refractivity contribution in [2.24, 2.45) is 5.73 Å². The minimum Gasteiger partial charge on any atom is -0.404 e. The van der Waals surface area contributed by atoms with Gasteiger partial charge in [0.1, 0.15) is 0 Å². The van der Waals surface area contributed by atoms with Crippen LogP contribution in [0.5, 0.6) is 0 Å². The monoisotopic (exact) mass is 119 g/mol. The van der Waals surface area contributed by atoms with Crippen molar-refractivity contribution in [2.45, 2.75) is 19.8 Å². The minimum atomic E-state index is 0.752. The summed E-state index contributed by atoms with van der Waals surface area (Å²) in [6.07, 6.45) is 3.40. The number of halogens is 1. The molecule has 0 aliphatic rings. The molecule has 0 heterocycles. The van der Waals surface area contributed by atoms with Crippen LogP contribution in [0.25, 0.3) is 0 Å². The lowest BCUT2D eigenvalue weighted by Gasteiger charge is -1.87. The SMILES string of the molecule is CCC/C(Cl)=C\N. The maximum Gasteiger partial charge on any atom is 0.0335 e. The molecular formula is C5H10ClN. The maximum absolute atomic E-state index is 5.50. The highest BCUT2D eigenvalue weighted by Crippen LogP contribution is 2.05. The number of hydrogen-bond donors (Lipinski definition) is 1. The molecule has 0 aliphatic carbocycles. The fourth-order valence-electron chi connectivity index (χ4n) is 0.322. The lowest BCUT2D eigenvalue weighted by atomic mass is 10.3. The van der Waals surface area contributed by atoms with Crippen molar-refractivity contribution in [1.82, 2.24) is 0 Å². The van der Waals surface area contributed by atoms with Crippen LogP contribution in [-0.4, -0.2) is 0 Å². The average Bonchev–Trinajstić information content (AvgIpc) is 1.68. The summed E-state index contributed by atoms with van der Waals surface area (Å²) in [5.41, 5.74) is 5.06. The molecular weight excluding hydrogens is 110 g/mol. The second-order valence-corrected chi connectivity index (χ2v) is 1.85. The molecule has 1 nitrogen and oxygen atoms in total. The van der Waals surface area contributed by atoms with E-state index in [0.29, 0.717) is 0 Å². The number of allylic oxidation sites excluding steroid dienone is 1. The van der Waals surface area contributed by atoms with E-state index in [9.17, 15) is 0 Å². The van der Waals surface area contributed by atoms with Crippen molar-refractivity contribution < 1.29 is 0 Å². The van der Waals surface area contributed by atoms with Crippen molar-refractivity contribution in [3.63, 3.8) is 0 Å². The fourth-order valence-corrected chi connectivity index (χ4v) is 0.511. The molecule has 0 saturated heterocycles. The molecule has 0 aromatic rings. The third-order valence-electron chi connectivity index (χ3n) is 0.670. The topological polar surface area (TPSA) is 26.0 Å². The molecule has 0 spiro atoms. The molecule has 0 aromatic carbocycles. The summed E-state index contributed by atoms with van der Waals surface area (Å²) in [6.45, 7) is 2.06. The molecule has 42 valence electrons. The molecule has 0 unspecified atom stereocenters. The summed E-state index contributed by atoms with van der Waals surface area (Å²) in [6, 6.07) is 0. The quantitative estimate of drug-likeness (QED) is 0.590. The van der Waals surface area contributed by atoms with Crippen LogP contribution in [-0.2, 0) is 0 Å². The molecule has 2 N–H and O–H groups in total. The van der Waals surface area contributed by atoms with E-state index in [4.69, 9.17) is 17.3 Å². The van der Waals surface area contributed by atoms with Crippen molar-refractivity contribution in [3.8, 4) is 0 Å². The van der Waals surface area contributed by atoms with Gasteiger partial charge in [0.15, 0.2) is 0 Å². The van der Waals surface area contributed by atoms with Crippen LogP contribution in [0.15, 0.2) is 11.2 Å². The van der Waals surface area contributed by atoms with Crippen molar-refractivity contribution >= 4 is 11.6 Å². The van der Waals surface area contributed by atoms with Crippen molar-refractivity contribution in [1.29, 1.82) is 0 Å². The van der Waals surface area contributed by atoms with Gasteiger partial charge >= 0.3 is 0 Å². The van der Waals surface area contributed by atoms with Gasteiger partial charge in [-0.1, -0.05) is 24.9 Å². The van der Waals surface area contributed by atoms with E-state index in [1.807, 2.05) is 0 Å². The Kier molecular flexibility index (Phi) is 3.90. The predicted molar refractivity (Wildman–Crippen MR) is 33.0 cm³/mol. The third-order valence-corrected chi connectivity index (χ3v) is 0.985. The van der Waals surface area contributed by atoms with E-state index in [1.54, 1.807) is 0 Å². The Labute approximate surface area is 49.2 Å².